The maximum absolute atomic E-state index is 12.3. The van der Waals surface area contributed by atoms with Crippen LogP contribution in [-0.4, -0.2) is 50.8 Å². The maximum Gasteiger partial charge on any atom is 0.337 e. The van der Waals surface area contributed by atoms with Crippen LogP contribution in [-0.2, 0) is 10.0 Å². The molecule has 25 heavy (non-hydrogen) atoms. The van der Waals surface area contributed by atoms with Gasteiger partial charge in [-0.3, -0.25) is 4.72 Å². The van der Waals surface area contributed by atoms with Crippen LogP contribution in [0.3, 0.4) is 0 Å². The van der Waals surface area contributed by atoms with E-state index in [1.165, 1.54) is 6.07 Å². The smallest absolute Gasteiger partial charge is 0.337 e. The van der Waals surface area contributed by atoms with E-state index < -0.39 is 16.0 Å². The number of nitrogens with zero attached hydrogens (tertiary/aromatic N) is 1. The molecule has 0 heterocycles. The average molecular weight is 362 g/mol. The van der Waals surface area contributed by atoms with Crippen molar-refractivity contribution in [1.29, 1.82) is 0 Å². The topological polar surface area (TPSA) is 86.7 Å². The molecule has 0 unspecified atom stereocenters. The molecule has 0 atom stereocenters. The monoisotopic (exact) mass is 362 g/mol. The molecule has 0 bridgehead atoms. The molecule has 0 spiro atoms. The molecule has 2 rings (SSSR count). The summed E-state index contributed by atoms with van der Waals surface area (Å²) in [5.41, 5.74) is 1.64. The minimum absolute atomic E-state index is 0.0696. The Morgan fingerprint density at radius 3 is 2.36 bits per heavy atom. The maximum atomic E-state index is 12.3. The second-order valence-corrected chi connectivity index (χ2v) is 7.85. The summed E-state index contributed by atoms with van der Waals surface area (Å²) in [7, 11) is 0.109. The Morgan fingerprint density at radius 2 is 1.76 bits per heavy atom. The predicted molar refractivity (Wildman–Crippen MR) is 99.4 cm³/mol. The van der Waals surface area contributed by atoms with Gasteiger partial charge in [0.15, 0.2) is 0 Å². The highest BCUT2D eigenvalue weighted by Crippen LogP contribution is 2.26. The van der Waals surface area contributed by atoms with Gasteiger partial charge in [-0.25, -0.2) is 13.2 Å². The molecule has 2 N–H and O–H groups in total. The molecule has 7 heteroatoms. The lowest BCUT2D eigenvalue weighted by atomic mass is 10.0. The van der Waals surface area contributed by atoms with Crippen LogP contribution in [0.2, 0.25) is 0 Å². The summed E-state index contributed by atoms with van der Waals surface area (Å²) < 4.78 is 27.0. The Kier molecular flexibility index (Phi) is 6.17. The first-order valence-corrected chi connectivity index (χ1v) is 9.52. The number of hydrogen-bond donors (Lipinski definition) is 2. The van der Waals surface area contributed by atoms with Crippen LogP contribution in [0.15, 0.2) is 48.5 Å². The molecule has 0 aliphatic carbocycles. The number of rotatable bonds is 8. The first kappa shape index (κ1) is 19.0. The normalized spacial score (nSPS) is 11.5. The van der Waals surface area contributed by atoms with Gasteiger partial charge < -0.3 is 10.0 Å². The Balaban J connectivity index is 2.29. The van der Waals surface area contributed by atoms with Crippen LogP contribution in [0.25, 0.3) is 11.1 Å². The number of anilines is 1. The van der Waals surface area contributed by atoms with Crippen molar-refractivity contribution in [3.05, 3.63) is 54.1 Å². The predicted octanol–water partition coefficient (Wildman–Crippen LogP) is 2.75. The number of aromatic carboxylic acids is 1. The van der Waals surface area contributed by atoms with Crippen molar-refractivity contribution in [2.45, 2.75) is 6.42 Å². The fraction of sp³-hybridized carbons (Fsp3) is 0.278. The van der Waals surface area contributed by atoms with E-state index in [4.69, 9.17) is 0 Å². The Labute approximate surface area is 148 Å². The summed E-state index contributed by atoms with van der Waals surface area (Å²) in [5.74, 6) is -1.25. The third-order valence-electron chi connectivity index (χ3n) is 3.64. The number of benzene rings is 2. The highest BCUT2D eigenvalue weighted by molar-refractivity contribution is 7.92. The number of carboxylic acids is 1. The molecule has 0 radical (unpaired) electrons. The third-order valence-corrected chi connectivity index (χ3v) is 5.00. The minimum atomic E-state index is -3.63. The molecule has 2 aromatic carbocycles. The minimum Gasteiger partial charge on any atom is -0.478 e. The summed E-state index contributed by atoms with van der Waals surface area (Å²) in [6, 6.07) is 14.0. The van der Waals surface area contributed by atoms with Crippen molar-refractivity contribution in [3.8, 4) is 11.1 Å². The lowest BCUT2D eigenvalue weighted by Gasteiger charge is -2.14. The lowest BCUT2D eigenvalue weighted by molar-refractivity contribution is 0.0698. The number of nitrogens with one attached hydrogen (secondary N) is 1. The van der Waals surface area contributed by atoms with E-state index in [0.29, 0.717) is 13.0 Å². The van der Waals surface area contributed by atoms with E-state index >= 15 is 0 Å². The molecule has 0 aliphatic heterocycles. The molecule has 0 amide bonds. The van der Waals surface area contributed by atoms with Crippen molar-refractivity contribution < 1.29 is 18.3 Å². The molecule has 0 aliphatic rings. The molecule has 0 fully saturated rings. The average Bonchev–Trinajstić information content (AvgIpc) is 2.54. The Hall–Kier alpha value is -2.38. The van der Waals surface area contributed by atoms with Gasteiger partial charge in [-0.15, -0.1) is 0 Å². The Bertz CT molecular complexity index is 833. The van der Waals surface area contributed by atoms with Crippen LogP contribution in [0.1, 0.15) is 16.8 Å². The third kappa shape index (κ3) is 5.58. The highest BCUT2D eigenvalue weighted by Gasteiger charge is 2.17. The van der Waals surface area contributed by atoms with Gasteiger partial charge >= 0.3 is 5.97 Å². The quantitative estimate of drug-likeness (QED) is 0.754. The summed E-state index contributed by atoms with van der Waals surface area (Å²) in [4.78, 5) is 13.3. The van der Waals surface area contributed by atoms with E-state index in [0.717, 1.165) is 11.1 Å². The second kappa shape index (κ2) is 8.13. The van der Waals surface area contributed by atoms with Crippen molar-refractivity contribution in [3.63, 3.8) is 0 Å². The lowest BCUT2D eigenvalue weighted by Crippen LogP contribution is -2.22. The van der Waals surface area contributed by atoms with E-state index in [2.05, 4.69) is 4.72 Å². The van der Waals surface area contributed by atoms with Gasteiger partial charge in [0.1, 0.15) is 0 Å². The molecular formula is C18H22N2O4S. The van der Waals surface area contributed by atoms with Crippen molar-refractivity contribution >= 4 is 21.7 Å². The zero-order valence-electron chi connectivity index (χ0n) is 14.3. The summed E-state index contributed by atoms with van der Waals surface area (Å²) in [5, 5.41) is 9.33. The van der Waals surface area contributed by atoms with Gasteiger partial charge in [-0.2, -0.15) is 0 Å². The van der Waals surface area contributed by atoms with Gasteiger partial charge in [0.2, 0.25) is 10.0 Å². The van der Waals surface area contributed by atoms with Crippen molar-refractivity contribution in [2.24, 2.45) is 0 Å². The molecule has 0 saturated heterocycles. The second-order valence-electron chi connectivity index (χ2n) is 6.01. The van der Waals surface area contributed by atoms with Crippen molar-refractivity contribution in [2.75, 3.05) is 31.1 Å². The van der Waals surface area contributed by atoms with Crippen molar-refractivity contribution in [1.82, 2.24) is 4.90 Å². The van der Waals surface area contributed by atoms with Gasteiger partial charge in [-0.1, -0.05) is 36.4 Å². The molecule has 0 saturated carbocycles. The fourth-order valence-corrected chi connectivity index (χ4v) is 3.53. The largest absolute Gasteiger partial charge is 0.478 e. The van der Waals surface area contributed by atoms with Crippen LogP contribution < -0.4 is 4.72 Å². The number of carbonyl (C=O) groups is 1. The number of carboxylic acid groups (broad SMARTS) is 1. The molecule has 0 aromatic heterocycles. The van der Waals surface area contributed by atoms with Crippen LogP contribution in [0, 0.1) is 0 Å². The van der Waals surface area contributed by atoms with E-state index in [1.54, 1.807) is 12.1 Å². The van der Waals surface area contributed by atoms with Gasteiger partial charge in [0, 0.05) is 0 Å². The van der Waals surface area contributed by atoms with Gasteiger partial charge in [0.25, 0.3) is 0 Å². The van der Waals surface area contributed by atoms with Crippen LogP contribution >= 0.6 is 0 Å². The summed E-state index contributed by atoms with van der Waals surface area (Å²) in [6.07, 6.45) is 0.461. The zero-order valence-corrected chi connectivity index (χ0v) is 15.1. The van der Waals surface area contributed by atoms with E-state index in [-0.39, 0.29) is 17.0 Å². The fourth-order valence-electron chi connectivity index (χ4n) is 2.41. The molecule has 6 nitrogen and oxygen atoms in total. The highest BCUT2D eigenvalue weighted by atomic mass is 32.2. The van der Waals surface area contributed by atoms with E-state index in [1.807, 2.05) is 49.3 Å². The summed E-state index contributed by atoms with van der Waals surface area (Å²) in [6.45, 7) is 0.636. The first-order chi connectivity index (χ1) is 11.8. The van der Waals surface area contributed by atoms with Crippen LogP contribution in [0.4, 0.5) is 5.69 Å². The molecule has 134 valence electrons. The SMILES string of the molecule is CN(C)CCCS(=O)(=O)Nc1cc(-c2ccccc2)ccc1C(=O)O. The van der Waals surface area contributed by atoms with Gasteiger partial charge in [0.05, 0.1) is 17.0 Å². The van der Waals surface area contributed by atoms with Crippen LogP contribution in [0.5, 0.6) is 0 Å². The molecular weight excluding hydrogens is 340 g/mol. The summed E-state index contributed by atoms with van der Waals surface area (Å²) >= 11 is 0. The first-order valence-electron chi connectivity index (χ1n) is 7.86. The number of hydrogen-bond acceptors (Lipinski definition) is 4. The standard InChI is InChI=1S/C18H22N2O4S/c1-20(2)11-6-12-25(23,24)19-17-13-15(9-10-16(17)18(21)22)14-7-4-3-5-8-14/h3-5,7-10,13,19H,6,11-12H2,1-2H3,(H,21,22). The Morgan fingerprint density at radius 1 is 1.08 bits per heavy atom. The van der Waals surface area contributed by atoms with E-state index in [9.17, 15) is 18.3 Å². The molecule has 2 aromatic rings. The zero-order chi connectivity index (χ0) is 18.4. The number of sulfonamides is 1. The van der Waals surface area contributed by atoms with Gasteiger partial charge in [-0.05, 0) is 50.3 Å².